The lowest BCUT2D eigenvalue weighted by Gasteiger charge is -2.21. The fourth-order valence-corrected chi connectivity index (χ4v) is 2.84. The van der Waals surface area contributed by atoms with E-state index < -0.39 is 5.82 Å². The van der Waals surface area contributed by atoms with Crippen LogP contribution in [0.1, 0.15) is 19.4 Å². The monoisotopic (exact) mass is 337 g/mol. The largest absolute Gasteiger partial charge is 0.505 e. The highest BCUT2D eigenvalue weighted by molar-refractivity contribution is 5.82. The van der Waals surface area contributed by atoms with Gasteiger partial charge in [-0.3, -0.25) is 4.79 Å². The molecular formula is C17H24FN3O3. The van der Waals surface area contributed by atoms with E-state index in [9.17, 15) is 14.3 Å². The standard InChI is InChI=1S/C17H24FN3O3/c1-4-19-17(20-8-12-5-6-15(22)14(18)7-12)21-9-11(2)13(10-21)16(23)24-3/h5-7,11,13,22H,4,8-10H2,1-3H3,(H,19,20). The van der Waals surface area contributed by atoms with Crippen LogP contribution in [0.4, 0.5) is 4.39 Å². The first-order valence-electron chi connectivity index (χ1n) is 8.04. The van der Waals surface area contributed by atoms with Crippen molar-refractivity contribution < 1.29 is 19.0 Å². The highest BCUT2D eigenvalue weighted by Crippen LogP contribution is 2.24. The molecule has 0 radical (unpaired) electrons. The summed E-state index contributed by atoms with van der Waals surface area (Å²) < 4.78 is 18.3. The number of aliphatic imine (C=N–C) groups is 1. The fourth-order valence-electron chi connectivity index (χ4n) is 2.84. The number of carbonyl (C=O) groups excluding carboxylic acids is 1. The molecule has 1 aromatic carbocycles. The number of ether oxygens (including phenoxy) is 1. The molecule has 2 N–H and O–H groups in total. The summed E-state index contributed by atoms with van der Waals surface area (Å²) in [4.78, 5) is 18.4. The normalized spacial score (nSPS) is 21.0. The van der Waals surface area contributed by atoms with Gasteiger partial charge in [0.15, 0.2) is 17.5 Å². The van der Waals surface area contributed by atoms with Gasteiger partial charge in [0.25, 0.3) is 0 Å². The molecule has 1 aromatic rings. The molecule has 24 heavy (non-hydrogen) atoms. The molecule has 2 atom stereocenters. The van der Waals surface area contributed by atoms with Crippen molar-refractivity contribution in [2.45, 2.75) is 20.4 Å². The van der Waals surface area contributed by atoms with E-state index in [2.05, 4.69) is 10.3 Å². The van der Waals surface area contributed by atoms with Gasteiger partial charge in [-0.1, -0.05) is 13.0 Å². The third-order valence-electron chi connectivity index (χ3n) is 4.17. The lowest BCUT2D eigenvalue weighted by molar-refractivity contribution is -0.145. The molecule has 1 saturated heterocycles. The summed E-state index contributed by atoms with van der Waals surface area (Å²) in [7, 11) is 1.40. The maximum atomic E-state index is 13.4. The zero-order chi connectivity index (χ0) is 17.7. The molecule has 0 bridgehead atoms. The van der Waals surface area contributed by atoms with Crippen molar-refractivity contribution in [1.82, 2.24) is 10.2 Å². The summed E-state index contributed by atoms with van der Waals surface area (Å²) in [5, 5.41) is 12.4. The number of hydrogen-bond donors (Lipinski definition) is 2. The third kappa shape index (κ3) is 4.15. The van der Waals surface area contributed by atoms with Crippen molar-refractivity contribution in [1.29, 1.82) is 0 Å². The Hall–Kier alpha value is -2.31. The number of methoxy groups -OCH3 is 1. The molecule has 1 aliphatic heterocycles. The van der Waals surface area contributed by atoms with Crippen LogP contribution in [0.3, 0.4) is 0 Å². The first-order chi connectivity index (χ1) is 11.5. The molecule has 2 unspecified atom stereocenters. The number of hydrogen-bond acceptors (Lipinski definition) is 4. The van der Waals surface area contributed by atoms with Gasteiger partial charge in [0, 0.05) is 19.6 Å². The van der Waals surface area contributed by atoms with Crippen LogP contribution < -0.4 is 5.32 Å². The number of nitrogens with zero attached hydrogens (tertiary/aromatic N) is 2. The first-order valence-corrected chi connectivity index (χ1v) is 8.04. The number of esters is 1. The van der Waals surface area contributed by atoms with E-state index in [1.54, 1.807) is 6.07 Å². The Labute approximate surface area is 141 Å². The molecule has 2 rings (SSSR count). The van der Waals surface area contributed by atoms with Gasteiger partial charge in [-0.25, -0.2) is 9.38 Å². The quantitative estimate of drug-likeness (QED) is 0.497. The second-order valence-electron chi connectivity index (χ2n) is 5.97. The summed E-state index contributed by atoms with van der Waals surface area (Å²) in [6, 6.07) is 4.22. The number of likely N-dealkylation sites (tertiary alicyclic amines) is 1. The maximum absolute atomic E-state index is 13.4. The maximum Gasteiger partial charge on any atom is 0.310 e. The smallest absolute Gasteiger partial charge is 0.310 e. The summed E-state index contributed by atoms with van der Waals surface area (Å²) in [5.74, 6) is -0.555. The summed E-state index contributed by atoms with van der Waals surface area (Å²) in [6.45, 7) is 6.20. The first kappa shape index (κ1) is 18.0. The van der Waals surface area contributed by atoms with Gasteiger partial charge in [0.05, 0.1) is 19.6 Å². The Bertz CT molecular complexity index is 621. The highest BCUT2D eigenvalue weighted by Gasteiger charge is 2.36. The van der Waals surface area contributed by atoms with Crippen molar-refractivity contribution in [3.05, 3.63) is 29.6 Å². The van der Waals surface area contributed by atoms with E-state index in [1.807, 2.05) is 18.7 Å². The SMILES string of the molecule is CCNC(=NCc1ccc(O)c(F)c1)N1CC(C)C(C(=O)OC)C1. The minimum atomic E-state index is -0.659. The Kier molecular flexibility index (Phi) is 6.00. The van der Waals surface area contributed by atoms with Crippen molar-refractivity contribution >= 4 is 11.9 Å². The molecule has 1 heterocycles. The number of benzene rings is 1. The highest BCUT2D eigenvalue weighted by atomic mass is 19.1. The predicted molar refractivity (Wildman–Crippen MR) is 89.1 cm³/mol. The molecule has 0 aliphatic carbocycles. The summed E-state index contributed by atoms with van der Waals surface area (Å²) in [5.41, 5.74) is 0.664. The predicted octanol–water partition coefficient (Wildman–Crippen LogP) is 1.74. The van der Waals surface area contributed by atoms with Gasteiger partial charge in [0.1, 0.15) is 0 Å². The van der Waals surface area contributed by atoms with Crippen LogP contribution in [0.5, 0.6) is 5.75 Å². The average molecular weight is 337 g/mol. The van der Waals surface area contributed by atoms with E-state index in [0.717, 1.165) is 0 Å². The summed E-state index contributed by atoms with van der Waals surface area (Å²) in [6.07, 6.45) is 0. The Morgan fingerprint density at radius 2 is 2.25 bits per heavy atom. The van der Waals surface area contributed by atoms with Crippen LogP contribution in [0.25, 0.3) is 0 Å². The minimum Gasteiger partial charge on any atom is -0.505 e. The number of carbonyl (C=O) groups is 1. The Balaban J connectivity index is 2.11. The number of aromatic hydroxyl groups is 1. The number of nitrogens with one attached hydrogen (secondary N) is 1. The molecule has 1 aliphatic rings. The van der Waals surface area contributed by atoms with Crippen LogP contribution >= 0.6 is 0 Å². The zero-order valence-corrected chi connectivity index (χ0v) is 14.3. The van der Waals surface area contributed by atoms with Gasteiger partial charge in [0.2, 0.25) is 0 Å². The van der Waals surface area contributed by atoms with Gasteiger partial charge < -0.3 is 20.1 Å². The zero-order valence-electron chi connectivity index (χ0n) is 14.3. The summed E-state index contributed by atoms with van der Waals surface area (Å²) >= 11 is 0. The molecule has 7 heteroatoms. The Morgan fingerprint density at radius 3 is 2.88 bits per heavy atom. The number of phenols is 1. The van der Waals surface area contributed by atoms with E-state index in [0.29, 0.717) is 31.2 Å². The van der Waals surface area contributed by atoms with E-state index in [-0.39, 0.29) is 30.1 Å². The van der Waals surface area contributed by atoms with E-state index in [4.69, 9.17) is 4.74 Å². The van der Waals surface area contributed by atoms with Crippen molar-refractivity contribution in [3.63, 3.8) is 0 Å². The van der Waals surface area contributed by atoms with Gasteiger partial charge in [-0.05, 0) is 30.5 Å². The topological polar surface area (TPSA) is 74.2 Å². The van der Waals surface area contributed by atoms with Gasteiger partial charge in [-0.15, -0.1) is 0 Å². The molecule has 1 fully saturated rings. The number of rotatable bonds is 4. The number of phenolic OH excluding ortho intramolecular Hbond substituents is 1. The van der Waals surface area contributed by atoms with E-state index in [1.165, 1.54) is 19.2 Å². The number of guanidine groups is 1. The van der Waals surface area contributed by atoms with E-state index >= 15 is 0 Å². The lowest BCUT2D eigenvalue weighted by atomic mass is 9.99. The fraction of sp³-hybridized carbons (Fsp3) is 0.529. The van der Waals surface area contributed by atoms with Crippen LogP contribution in [-0.2, 0) is 16.1 Å². The molecule has 0 saturated carbocycles. The van der Waals surface area contributed by atoms with Crippen LogP contribution in [0.15, 0.2) is 23.2 Å². The molecule has 132 valence electrons. The van der Waals surface area contributed by atoms with Crippen LogP contribution in [0.2, 0.25) is 0 Å². The molecular weight excluding hydrogens is 313 g/mol. The van der Waals surface area contributed by atoms with Gasteiger partial charge >= 0.3 is 5.97 Å². The third-order valence-corrected chi connectivity index (χ3v) is 4.17. The van der Waals surface area contributed by atoms with Crippen molar-refractivity contribution in [2.24, 2.45) is 16.8 Å². The van der Waals surface area contributed by atoms with Crippen LogP contribution in [-0.4, -0.2) is 48.7 Å². The minimum absolute atomic E-state index is 0.174. The van der Waals surface area contributed by atoms with Crippen LogP contribution in [0, 0.1) is 17.7 Å². The molecule has 6 nitrogen and oxygen atoms in total. The lowest BCUT2D eigenvalue weighted by Crippen LogP contribution is -2.40. The molecule has 0 amide bonds. The average Bonchev–Trinajstić information content (AvgIpc) is 2.95. The Morgan fingerprint density at radius 1 is 1.50 bits per heavy atom. The second-order valence-corrected chi connectivity index (χ2v) is 5.97. The molecule has 0 spiro atoms. The van der Waals surface area contributed by atoms with Gasteiger partial charge in [-0.2, -0.15) is 0 Å². The number of halogens is 1. The second kappa shape index (κ2) is 7.99. The van der Waals surface area contributed by atoms with Crippen molar-refractivity contribution in [3.8, 4) is 5.75 Å². The van der Waals surface area contributed by atoms with Crippen molar-refractivity contribution in [2.75, 3.05) is 26.7 Å². The molecule has 0 aromatic heterocycles.